The number of nitrogens with zero attached hydrogens (tertiary/aromatic N) is 2. The van der Waals surface area contributed by atoms with Crippen LogP contribution in [0.1, 0.15) is 0 Å². The van der Waals surface area contributed by atoms with Gasteiger partial charge in [0.05, 0.1) is 12.8 Å². The second-order valence-electron chi connectivity index (χ2n) is 7.39. The van der Waals surface area contributed by atoms with E-state index in [4.69, 9.17) is 20.9 Å². The molecule has 4 rings (SSSR count). The van der Waals surface area contributed by atoms with Gasteiger partial charge in [-0.1, -0.05) is 24.3 Å². The molecule has 0 saturated heterocycles. The number of para-hydroxylation sites is 2. The van der Waals surface area contributed by atoms with Gasteiger partial charge in [-0.05, 0) is 66.2 Å². The Morgan fingerprint density at radius 1 is 0.914 bits per heavy atom. The fourth-order valence-corrected chi connectivity index (χ4v) is 3.22. The summed E-state index contributed by atoms with van der Waals surface area (Å²) in [6.45, 7) is 0. The molecular weight excluding hydrogens is 444 g/mol. The number of hydrogen-bond donors (Lipinski definition) is 4. The van der Waals surface area contributed by atoms with E-state index in [1.807, 2.05) is 48.5 Å². The van der Waals surface area contributed by atoms with Gasteiger partial charge in [0.2, 0.25) is 0 Å². The third kappa shape index (κ3) is 6.26. The molecule has 1 amide bonds. The highest BCUT2D eigenvalue weighted by Gasteiger charge is 2.08. The Morgan fingerprint density at radius 3 is 2.46 bits per heavy atom. The van der Waals surface area contributed by atoms with E-state index in [1.54, 1.807) is 49.7 Å². The number of ether oxygens (including phenoxy) is 2. The Bertz CT molecular complexity index is 1340. The molecule has 0 aliphatic carbocycles. The first kappa shape index (κ1) is 23.1. The predicted octanol–water partition coefficient (Wildman–Crippen LogP) is 5.01. The number of nitrogens with one attached hydrogen (secondary N) is 2. The van der Waals surface area contributed by atoms with Crippen LogP contribution >= 0.6 is 0 Å². The minimum absolute atomic E-state index is 0.181. The number of carbonyl (C=O) groups excluding carboxylic acids is 1. The van der Waals surface area contributed by atoms with Crippen molar-refractivity contribution in [2.45, 2.75) is 0 Å². The zero-order valence-corrected chi connectivity index (χ0v) is 18.9. The number of carbonyl (C=O) groups is 1. The second kappa shape index (κ2) is 10.7. The van der Waals surface area contributed by atoms with Crippen molar-refractivity contribution in [2.75, 3.05) is 23.5 Å². The lowest BCUT2D eigenvalue weighted by Crippen LogP contribution is -2.22. The molecule has 0 bridgehead atoms. The summed E-state index contributed by atoms with van der Waals surface area (Å²) in [4.78, 5) is 20.9. The quantitative estimate of drug-likeness (QED) is 0.177. The lowest BCUT2D eigenvalue weighted by molar-refractivity contribution is 0.215. The number of aromatic nitrogens is 1. The van der Waals surface area contributed by atoms with Crippen LogP contribution in [-0.4, -0.2) is 24.1 Å². The van der Waals surface area contributed by atoms with Gasteiger partial charge in [-0.3, -0.25) is 5.32 Å². The first-order valence-corrected chi connectivity index (χ1v) is 10.7. The Kier molecular flexibility index (Phi) is 7.08. The predicted molar refractivity (Wildman–Crippen MR) is 138 cm³/mol. The van der Waals surface area contributed by atoms with E-state index in [0.29, 0.717) is 34.4 Å². The molecule has 3 aromatic carbocycles. The number of benzene rings is 3. The topological polar surface area (TPSA) is 137 Å². The Labute approximate surface area is 202 Å². The van der Waals surface area contributed by atoms with Gasteiger partial charge in [0.25, 0.3) is 0 Å². The minimum atomic E-state index is -0.604. The number of anilines is 3. The van der Waals surface area contributed by atoms with Crippen LogP contribution in [0.3, 0.4) is 0 Å². The Morgan fingerprint density at radius 2 is 1.71 bits per heavy atom. The molecular formula is C26H24N6O3. The number of guanidine groups is 1. The lowest BCUT2D eigenvalue weighted by Gasteiger charge is -2.10. The van der Waals surface area contributed by atoms with Crippen LogP contribution in [0.4, 0.5) is 27.7 Å². The molecule has 4 aromatic rings. The largest absolute Gasteiger partial charge is 0.495 e. The van der Waals surface area contributed by atoms with Gasteiger partial charge in [-0.25, -0.2) is 9.78 Å². The van der Waals surface area contributed by atoms with E-state index in [0.717, 1.165) is 11.1 Å². The monoisotopic (exact) mass is 468 g/mol. The van der Waals surface area contributed by atoms with E-state index in [-0.39, 0.29) is 5.96 Å². The van der Waals surface area contributed by atoms with Crippen LogP contribution < -0.4 is 31.6 Å². The van der Waals surface area contributed by atoms with E-state index in [2.05, 4.69) is 20.6 Å². The van der Waals surface area contributed by atoms with Gasteiger partial charge in [-0.15, -0.1) is 0 Å². The molecule has 0 aliphatic rings. The highest BCUT2D eigenvalue weighted by molar-refractivity contribution is 5.95. The molecule has 0 radical (unpaired) electrons. The fourth-order valence-electron chi connectivity index (χ4n) is 3.22. The van der Waals surface area contributed by atoms with Gasteiger partial charge in [0.15, 0.2) is 11.8 Å². The van der Waals surface area contributed by atoms with Gasteiger partial charge in [-0.2, -0.15) is 4.99 Å². The number of amides is 1. The summed E-state index contributed by atoms with van der Waals surface area (Å²) in [5.41, 5.74) is 15.2. The molecule has 0 fully saturated rings. The SMILES string of the molecule is COc1ccccc1NC(N)=Nc1ccc(-c2cccc(NC(=O)Oc3ccc(N)cc3)c2)cn1. The van der Waals surface area contributed by atoms with Crippen LogP contribution in [0.5, 0.6) is 11.5 Å². The minimum Gasteiger partial charge on any atom is -0.495 e. The fraction of sp³-hybridized carbons (Fsp3) is 0.0385. The number of nitrogens with two attached hydrogens (primary N) is 2. The highest BCUT2D eigenvalue weighted by Crippen LogP contribution is 2.25. The zero-order valence-electron chi connectivity index (χ0n) is 18.9. The summed E-state index contributed by atoms with van der Waals surface area (Å²) in [6, 6.07) is 24.9. The maximum absolute atomic E-state index is 12.2. The molecule has 0 atom stereocenters. The van der Waals surface area contributed by atoms with Crippen LogP contribution in [0.15, 0.2) is 96.1 Å². The molecule has 0 spiro atoms. The zero-order chi connectivity index (χ0) is 24.6. The molecule has 1 aromatic heterocycles. The molecule has 6 N–H and O–H groups in total. The number of aliphatic imine (C=N–C) groups is 1. The Balaban J connectivity index is 1.41. The average Bonchev–Trinajstić information content (AvgIpc) is 2.86. The van der Waals surface area contributed by atoms with Crippen molar-refractivity contribution in [1.82, 2.24) is 4.98 Å². The second-order valence-corrected chi connectivity index (χ2v) is 7.39. The van der Waals surface area contributed by atoms with Crippen LogP contribution in [0.25, 0.3) is 11.1 Å². The highest BCUT2D eigenvalue weighted by atomic mass is 16.6. The lowest BCUT2D eigenvalue weighted by atomic mass is 10.1. The van der Waals surface area contributed by atoms with Crippen molar-refractivity contribution < 1.29 is 14.3 Å². The number of hydrogen-bond acceptors (Lipinski definition) is 6. The van der Waals surface area contributed by atoms with Crippen molar-refractivity contribution in [3.05, 3.63) is 91.1 Å². The summed E-state index contributed by atoms with van der Waals surface area (Å²) in [7, 11) is 1.58. The number of rotatable bonds is 6. The van der Waals surface area contributed by atoms with Gasteiger partial charge >= 0.3 is 6.09 Å². The summed E-state index contributed by atoms with van der Waals surface area (Å²) >= 11 is 0. The average molecular weight is 469 g/mol. The summed E-state index contributed by atoms with van der Waals surface area (Å²) < 4.78 is 10.6. The van der Waals surface area contributed by atoms with Crippen LogP contribution in [0.2, 0.25) is 0 Å². The molecule has 176 valence electrons. The van der Waals surface area contributed by atoms with Crippen molar-refractivity contribution in [1.29, 1.82) is 0 Å². The molecule has 0 aliphatic heterocycles. The van der Waals surface area contributed by atoms with E-state index >= 15 is 0 Å². The third-order valence-corrected chi connectivity index (χ3v) is 4.89. The van der Waals surface area contributed by atoms with Crippen LogP contribution in [0, 0.1) is 0 Å². The van der Waals surface area contributed by atoms with E-state index in [9.17, 15) is 4.79 Å². The first-order valence-electron chi connectivity index (χ1n) is 10.7. The third-order valence-electron chi connectivity index (χ3n) is 4.89. The van der Waals surface area contributed by atoms with Crippen molar-refractivity contribution >= 4 is 34.9 Å². The molecule has 9 nitrogen and oxygen atoms in total. The molecule has 0 saturated carbocycles. The maximum atomic E-state index is 12.2. The van der Waals surface area contributed by atoms with E-state index in [1.165, 1.54) is 0 Å². The number of methoxy groups -OCH3 is 1. The number of pyridine rings is 1. The first-order chi connectivity index (χ1) is 17.0. The normalized spacial score (nSPS) is 10.9. The van der Waals surface area contributed by atoms with Crippen LogP contribution in [-0.2, 0) is 0 Å². The van der Waals surface area contributed by atoms with Crippen molar-refractivity contribution in [3.8, 4) is 22.6 Å². The van der Waals surface area contributed by atoms with Gasteiger partial charge in [0, 0.05) is 23.1 Å². The van der Waals surface area contributed by atoms with Gasteiger partial charge < -0.3 is 26.3 Å². The van der Waals surface area contributed by atoms with Crippen molar-refractivity contribution in [2.24, 2.45) is 10.7 Å². The summed E-state index contributed by atoms with van der Waals surface area (Å²) in [5, 5.41) is 5.72. The molecule has 9 heteroatoms. The van der Waals surface area contributed by atoms with E-state index < -0.39 is 6.09 Å². The Hall–Kier alpha value is -5.05. The van der Waals surface area contributed by atoms with Gasteiger partial charge in [0.1, 0.15) is 11.5 Å². The molecule has 35 heavy (non-hydrogen) atoms. The maximum Gasteiger partial charge on any atom is 0.417 e. The summed E-state index contributed by atoms with van der Waals surface area (Å²) in [5.74, 6) is 1.67. The number of nitrogen functional groups attached to an aromatic ring is 1. The smallest absolute Gasteiger partial charge is 0.417 e. The molecule has 0 unspecified atom stereocenters. The molecule has 1 heterocycles. The van der Waals surface area contributed by atoms with Crippen molar-refractivity contribution in [3.63, 3.8) is 0 Å². The summed E-state index contributed by atoms with van der Waals surface area (Å²) in [6.07, 6.45) is 1.08. The standard InChI is InChI=1S/C26H24N6O3/c1-34-23-8-3-2-7-22(23)31-25(28)32-24-14-9-18(16-29-24)17-5-4-6-20(15-17)30-26(33)35-21-12-10-19(27)11-13-21/h2-16H,27H2,1H3,(H,30,33)(H3,28,29,31,32).